The summed E-state index contributed by atoms with van der Waals surface area (Å²) in [7, 11) is -4.16. The molecular weight excluding hydrogens is 401 g/mol. The first kappa shape index (κ1) is 21.2. The highest BCUT2D eigenvalue weighted by Crippen LogP contribution is 2.31. The molecule has 0 atom stereocenters. The van der Waals surface area contributed by atoms with E-state index in [0.717, 1.165) is 24.3 Å². The van der Waals surface area contributed by atoms with Gasteiger partial charge in [0.15, 0.2) is 4.90 Å². The van der Waals surface area contributed by atoms with Crippen molar-refractivity contribution in [2.45, 2.75) is 11.1 Å². The lowest BCUT2D eigenvalue weighted by molar-refractivity contribution is -0.387. The molecule has 0 aromatic heterocycles. The minimum Gasteiger partial charge on any atom is -0.481 e. The Hall–Kier alpha value is -3.10. The fourth-order valence-electron chi connectivity index (χ4n) is 2.04. The molecule has 11 heteroatoms. The molecule has 0 aliphatic carbocycles. The van der Waals surface area contributed by atoms with E-state index < -0.39 is 37.3 Å². The molecule has 0 aliphatic heterocycles. The highest BCUT2D eigenvalue weighted by atomic mass is 32.2. The molecule has 7 nitrogen and oxygen atoms in total. The molecule has 2 aromatic carbocycles. The normalized spacial score (nSPS) is 11.4. The third-order valence-corrected chi connectivity index (χ3v) is 4.75. The molecule has 0 saturated heterocycles. The Bertz CT molecular complexity index is 1030. The first-order chi connectivity index (χ1) is 13.1. The quantitative estimate of drug-likeness (QED) is 0.445. The molecule has 28 heavy (non-hydrogen) atoms. The molecule has 1 N–H and O–H groups in total. The van der Waals surface area contributed by atoms with Gasteiger partial charge in [0.1, 0.15) is 12.4 Å². The van der Waals surface area contributed by atoms with E-state index in [1.54, 1.807) is 0 Å². The first-order valence-electron chi connectivity index (χ1n) is 7.60. The number of benzene rings is 2. The lowest BCUT2D eigenvalue weighted by Crippen LogP contribution is -2.24. The first-order valence-corrected chi connectivity index (χ1v) is 9.08. The number of nitro groups is 1. The number of sulfonamides is 1. The largest absolute Gasteiger partial charge is 0.481 e. The summed E-state index contributed by atoms with van der Waals surface area (Å²) in [5.74, 6) is 4.82. The zero-order valence-electron chi connectivity index (χ0n) is 14.1. The maximum absolute atomic E-state index is 12.6. The van der Waals surface area contributed by atoms with Crippen LogP contribution in [-0.4, -0.2) is 26.5 Å². The SMILES string of the molecule is O=[N+]([O-])c1ccccc1S(=O)(=O)NCC#CCOc1cccc(C(F)(F)F)c1. The van der Waals surface area contributed by atoms with Gasteiger partial charge in [-0.2, -0.15) is 17.9 Å². The third-order valence-electron chi connectivity index (χ3n) is 3.30. The molecule has 0 unspecified atom stereocenters. The van der Waals surface area contributed by atoms with Crippen molar-refractivity contribution in [2.75, 3.05) is 13.2 Å². The van der Waals surface area contributed by atoms with E-state index in [4.69, 9.17) is 4.74 Å². The molecule has 0 saturated carbocycles. The predicted octanol–water partition coefficient (Wildman–Crippen LogP) is 2.97. The second-order valence-electron chi connectivity index (χ2n) is 5.22. The zero-order valence-corrected chi connectivity index (χ0v) is 14.9. The minimum atomic E-state index is -4.50. The Morgan fingerprint density at radius 3 is 2.50 bits per heavy atom. The summed E-state index contributed by atoms with van der Waals surface area (Å²) in [5.41, 5.74) is -1.44. The van der Waals surface area contributed by atoms with Crippen molar-refractivity contribution in [3.63, 3.8) is 0 Å². The van der Waals surface area contributed by atoms with E-state index in [0.29, 0.717) is 0 Å². The second kappa shape index (κ2) is 8.73. The Labute approximate surface area is 158 Å². The van der Waals surface area contributed by atoms with Crippen molar-refractivity contribution in [1.29, 1.82) is 0 Å². The van der Waals surface area contributed by atoms with E-state index in [1.807, 2.05) is 0 Å². The second-order valence-corrected chi connectivity index (χ2v) is 6.95. The number of alkyl halides is 3. The summed E-state index contributed by atoms with van der Waals surface area (Å²) in [4.78, 5) is 9.59. The van der Waals surface area contributed by atoms with E-state index >= 15 is 0 Å². The Morgan fingerprint density at radius 2 is 1.82 bits per heavy atom. The van der Waals surface area contributed by atoms with Crippen LogP contribution in [0, 0.1) is 22.0 Å². The van der Waals surface area contributed by atoms with Crippen molar-refractivity contribution >= 4 is 15.7 Å². The van der Waals surface area contributed by atoms with E-state index in [1.165, 1.54) is 24.3 Å². The van der Waals surface area contributed by atoms with Crippen molar-refractivity contribution in [3.05, 3.63) is 64.2 Å². The van der Waals surface area contributed by atoms with E-state index in [-0.39, 0.29) is 18.9 Å². The van der Waals surface area contributed by atoms with Crippen LogP contribution in [0.15, 0.2) is 53.4 Å². The molecular formula is C17H13F3N2O5S. The summed E-state index contributed by atoms with van der Waals surface area (Å²) in [5, 5.41) is 10.9. The molecule has 0 radical (unpaired) electrons. The van der Waals surface area contributed by atoms with Gasteiger partial charge in [-0.05, 0) is 24.3 Å². The third kappa shape index (κ3) is 5.70. The molecule has 0 bridgehead atoms. The van der Waals surface area contributed by atoms with Crippen LogP contribution >= 0.6 is 0 Å². The molecule has 0 spiro atoms. The number of hydrogen-bond donors (Lipinski definition) is 1. The molecule has 0 aliphatic rings. The van der Waals surface area contributed by atoms with Gasteiger partial charge < -0.3 is 4.74 Å². The minimum absolute atomic E-state index is 0.0374. The van der Waals surface area contributed by atoms with Crippen LogP contribution in [0.3, 0.4) is 0 Å². The molecule has 2 aromatic rings. The zero-order chi connectivity index (χ0) is 20.8. The molecule has 2 rings (SSSR count). The number of nitrogens with zero attached hydrogens (tertiary/aromatic N) is 1. The number of ether oxygens (including phenoxy) is 1. The van der Waals surface area contributed by atoms with Crippen LogP contribution in [0.5, 0.6) is 5.75 Å². The number of para-hydroxylation sites is 1. The summed E-state index contributed by atoms with van der Waals surface area (Å²) in [6.07, 6.45) is -4.50. The van der Waals surface area contributed by atoms with Gasteiger partial charge in [-0.25, -0.2) is 8.42 Å². The van der Waals surface area contributed by atoms with Gasteiger partial charge in [0, 0.05) is 6.07 Å². The number of nitrogens with one attached hydrogen (secondary N) is 1. The lowest BCUT2D eigenvalue weighted by Gasteiger charge is -2.08. The highest BCUT2D eigenvalue weighted by Gasteiger charge is 2.30. The van der Waals surface area contributed by atoms with E-state index in [9.17, 15) is 31.7 Å². The number of rotatable bonds is 6. The monoisotopic (exact) mass is 414 g/mol. The average molecular weight is 414 g/mol. The fraction of sp³-hybridized carbons (Fsp3) is 0.176. The maximum Gasteiger partial charge on any atom is 0.416 e. The van der Waals surface area contributed by atoms with Gasteiger partial charge in [0.25, 0.3) is 5.69 Å². The summed E-state index contributed by atoms with van der Waals surface area (Å²) >= 11 is 0. The Balaban J connectivity index is 1.93. The lowest BCUT2D eigenvalue weighted by atomic mass is 10.2. The maximum atomic E-state index is 12.6. The van der Waals surface area contributed by atoms with Gasteiger partial charge in [0.2, 0.25) is 10.0 Å². The highest BCUT2D eigenvalue weighted by molar-refractivity contribution is 7.89. The average Bonchev–Trinajstić information content (AvgIpc) is 2.64. The molecule has 0 fully saturated rings. The van der Waals surface area contributed by atoms with Crippen molar-refractivity contribution in [2.24, 2.45) is 0 Å². The van der Waals surface area contributed by atoms with Crippen molar-refractivity contribution < 1.29 is 31.2 Å². The number of halogens is 3. The van der Waals surface area contributed by atoms with Crippen LogP contribution in [0.1, 0.15) is 5.56 Å². The van der Waals surface area contributed by atoms with Gasteiger partial charge in [-0.1, -0.05) is 30.0 Å². The van der Waals surface area contributed by atoms with Crippen LogP contribution in [0.4, 0.5) is 18.9 Å². The van der Waals surface area contributed by atoms with E-state index in [2.05, 4.69) is 16.6 Å². The van der Waals surface area contributed by atoms with Crippen LogP contribution < -0.4 is 9.46 Å². The molecule has 0 amide bonds. The van der Waals surface area contributed by atoms with Gasteiger partial charge in [0.05, 0.1) is 17.0 Å². The summed E-state index contributed by atoms with van der Waals surface area (Å²) in [6, 6.07) is 9.06. The number of nitro benzene ring substituents is 1. The standard InChI is InChI=1S/C17H13F3N2O5S/c18-17(19,20)13-6-5-7-14(12-13)27-11-4-3-10-21-28(25,26)16-9-2-1-8-15(16)22(23)24/h1-2,5-9,12,21H,10-11H2. The summed E-state index contributed by atoms with van der Waals surface area (Å²) < 4.78 is 69.2. The van der Waals surface area contributed by atoms with Gasteiger partial charge >= 0.3 is 6.18 Å². The topological polar surface area (TPSA) is 98.5 Å². The van der Waals surface area contributed by atoms with Crippen molar-refractivity contribution in [3.8, 4) is 17.6 Å². The van der Waals surface area contributed by atoms with Crippen LogP contribution in [0.2, 0.25) is 0 Å². The smallest absolute Gasteiger partial charge is 0.416 e. The fourth-order valence-corrected chi connectivity index (χ4v) is 3.13. The molecule has 148 valence electrons. The number of hydrogen-bond acceptors (Lipinski definition) is 5. The molecule has 0 heterocycles. The summed E-state index contributed by atoms with van der Waals surface area (Å²) in [6.45, 7) is -0.630. The predicted molar refractivity (Wildman–Crippen MR) is 93.0 cm³/mol. The Morgan fingerprint density at radius 1 is 1.11 bits per heavy atom. The van der Waals surface area contributed by atoms with Crippen molar-refractivity contribution in [1.82, 2.24) is 4.72 Å². The Kier molecular flexibility index (Phi) is 6.61. The van der Waals surface area contributed by atoms with Crippen LogP contribution in [-0.2, 0) is 16.2 Å². The van der Waals surface area contributed by atoms with Crippen LogP contribution in [0.25, 0.3) is 0 Å². The van der Waals surface area contributed by atoms with Gasteiger partial charge in [-0.3, -0.25) is 10.1 Å². The van der Waals surface area contributed by atoms with Gasteiger partial charge in [-0.15, -0.1) is 0 Å².